The Labute approximate surface area is 92.0 Å². The first kappa shape index (κ1) is 12.3. The van der Waals surface area contributed by atoms with Gasteiger partial charge in [0.1, 0.15) is 0 Å². The zero-order valence-corrected chi connectivity index (χ0v) is 9.97. The van der Waals surface area contributed by atoms with E-state index in [0.29, 0.717) is 6.04 Å². The summed E-state index contributed by atoms with van der Waals surface area (Å²) < 4.78 is 0. The second kappa shape index (κ2) is 4.84. The second-order valence-electron chi connectivity index (χ2n) is 5.15. The van der Waals surface area contributed by atoms with Gasteiger partial charge in [-0.1, -0.05) is 0 Å². The van der Waals surface area contributed by atoms with Gasteiger partial charge in [-0.05, 0) is 46.5 Å². The first-order chi connectivity index (χ1) is 6.91. The third-order valence-electron chi connectivity index (χ3n) is 2.97. The molecular weight excluding hydrogens is 190 g/mol. The Balaban J connectivity index is 2.39. The zero-order chi connectivity index (χ0) is 11.5. The van der Waals surface area contributed by atoms with E-state index in [0.717, 1.165) is 25.7 Å². The van der Waals surface area contributed by atoms with Crippen molar-refractivity contribution < 1.29 is 4.79 Å². The molecule has 0 aromatic carbocycles. The third-order valence-corrected chi connectivity index (χ3v) is 2.97. The van der Waals surface area contributed by atoms with E-state index in [2.05, 4.69) is 17.6 Å². The zero-order valence-electron chi connectivity index (χ0n) is 9.97. The molecule has 4 heteroatoms. The number of rotatable bonds is 2. The van der Waals surface area contributed by atoms with Gasteiger partial charge in [0.15, 0.2) is 0 Å². The topological polar surface area (TPSA) is 67.2 Å². The van der Waals surface area contributed by atoms with Crippen molar-refractivity contribution in [3.8, 4) is 0 Å². The lowest BCUT2D eigenvalue weighted by atomic mass is 9.81. The van der Waals surface area contributed by atoms with Crippen molar-refractivity contribution in [3.63, 3.8) is 0 Å². The summed E-state index contributed by atoms with van der Waals surface area (Å²) in [5, 5.41) is 5.89. The van der Waals surface area contributed by atoms with Crippen molar-refractivity contribution in [2.45, 2.75) is 64.1 Å². The van der Waals surface area contributed by atoms with Crippen LogP contribution in [0, 0.1) is 0 Å². The third kappa shape index (κ3) is 4.08. The SMILES string of the molecule is CC(C)NC(=O)NC1(C)CCC(N)CC1. The van der Waals surface area contributed by atoms with Crippen LogP contribution in [0.15, 0.2) is 0 Å². The Morgan fingerprint density at radius 3 is 2.40 bits per heavy atom. The summed E-state index contributed by atoms with van der Waals surface area (Å²) in [7, 11) is 0. The molecule has 1 fully saturated rings. The molecule has 1 rings (SSSR count). The van der Waals surface area contributed by atoms with Gasteiger partial charge in [-0.15, -0.1) is 0 Å². The molecule has 0 unspecified atom stereocenters. The van der Waals surface area contributed by atoms with Crippen LogP contribution in [0.3, 0.4) is 0 Å². The average molecular weight is 213 g/mol. The van der Waals surface area contributed by atoms with Crippen molar-refractivity contribution in [1.82, 2.24) is 10.6 Å². The van der Waals surface area contributed by atoms with Gasteiger partial charge in [0, 0.05) is 17.6 Å². The van der Waals surface area contributed by atoms with Crippen molar-refractivity contribution in [1.29, 1.82) is 0 Å². The Bertz CT molecular complexity index is 220. The van der Waals surface area contributed by atoms with Crippen LogP contribution in [-0.4, -0.2) is 23.7 Å². The van der Waals surface area contributed by atoms with Crippen LogP contribution in [0.4, 0.5) is 4.79 Å². The fourth-order valence-corrected chi connectivity index (χ4v) is 1.97. The number of amides is 2. The average Bonchev–Trinajstić information content (AvgIpc) is 2.09. The Morgan fingerprint density at radius 1 is 1.40 bits per heavy atom. The molecule has 0 heterocycles. The molecule has 15 heavy (non-hydrogen) atoms. The molecule has 0 aromatic heterocycles. The van der Waals surface area contributed by atoms with Gasteiger partial charge in [-0.25, -0.2) is 4.79 Å². The fraction of sp³-hybridized carbons (Fsp3) is 0.909. The number of carbonyl (C=O) groups excluding carboxylic acids is 1. The first-order valence-electron chi connectivity index (χ1n) is 5.75. The minimum Gasteiger partial charge on any atom is -0.336 e. The summed E-state index contributed by atoms with van der Waals surface area (Å²) in [5.74, 6) is 0. The van der Waals surface area contributed by atoms with Crippen LogP contribution in [0.2, 0.25) is 0 Å². The Morgan fingerprint density at radius 2 is 1.93 bits per heavy atom. The number of hydrogen-bond donors (Lipinski definition) is 3. The molecule has 1 aliphatic carbocycles. The van der Waals surface area contributed by atoms with Gasteiger partial charge in [0.2, 0.25) is 0 Å². The lowest BCUT2D eigenvalue weighted by Gasteiger charge is -2.37. The minimum atomic E-state index is -0.0746. The number of nitrogens with one attached hydrogen (secondary N) is 2. The number of carbonyl (C=O) groups is 1. The van der Waals surface area contributed by atoms with E-state index in [1.165, 1.54) is 0 Å². The van der Waals surface area contributed by atoms with Gasteiger partial charge in [-0.2, -0.15) is 0 Å². The maximum absolute atomic E-state index is 11.6. The first-order valence-corrected chi connectivity index (χ1v) is 5.75. The van der Waals surface area contributed by atoms with Crippen molar-refractivity contribution in [2.75, 3.05) is 0 Å². The van der Waals surface area contributed by atoms with Crippen molar-refractivity contribution in [3.05, 3.63) is 0 Å². The Kier molecular flexibility index (Phi) is 3.97. The highest BCUT2D eigenvalue weighted by Crippen LogP contribution is 2.26. The molecule has 1 aliphatic rings. The molecule has 2 amide bonds. The number of urea groups is 1. The Hall–Kier alpha value is -0.770. The van der Waals surface area contributed by atoms with E-state index in [4.69, 9.17) is 5.73 Å². The van der Waals surface area contributed by atoms with E-state index >= 15 is 0 Å². The van der Waals surface area contributed by atoms with E-state index in [-0.39, 0.29) is 17.6 Å². The fourth-order valence-electron chi connectivity index (χ4n) is 1.97. The molecule has 0 aliphatic heterocycles. The predicted molar refractivity (Wildman–Crippen MR) is 61.7 cm³/mol. The van der Waals surface area contributed by atoms with Crippen LogP contribution in [0.5, 0.6) is 0 Å². The van der Waals surface area contributed by atoms with E-state index in [1.807, 2.05) is 13.8 Å². The molecule has 4 N–H and O–H groups in total. The van der Waals surface area contributed by atoms with Gasteiger partial charge < -0.3 is 16.4 Å². The molecule has 0 aromatic rings. The van der Waals surface area contributed by atoms with E-state index in [1.54, 1.807) is 0 Å². The van der Waals surface area contributed by atoms with Crippen molar-refractivity contribution in [2.24, 2.45) is 5.73 Å². The molecular formula is C11H23N3O. The summed E-state index contributed by atoms with van der Waals surface area (Å²) in [5.41, 5.74) is 5.76. The van der Waals surface area contributed by atoms with E-state index < -0.39 is 0 Å². The number of nitrogens with two attached hydrogens (primary N) is 1. The smallest absolute Gasteiger partial charge is 0.315 e. The summed E-state index contributed by atoms with van der Waals surface area (Å²) in [6.45, 7) is 6.01. The molecule has 0 bridgehead atoms. The summed E-state index contributed by atoms with van der Waals surface area (Å²) >= 11 is 0. The van der Waals surface area contributed by atoms with Gasteiger partial charge in [0.25, 0.3) is 0 Å². The monoisotopic (exact) mass is 213 g/mol. The quantitative estimate of drug-likeness (QED) is 0.648. The summed E-state index contributed by atoms with van der Waals surface area (Å²) in [6.07, 6.45) is 3.94. The van der Waals surface area contributed by atoms with Crippen LogP contribution < -0.4 is 16.4 Å². The molecule has 0 radical (unpaired) electrons. The van der Waals surface area contributed by atoms with Crippen LogP contribution >= 0.6 is 0 Å². The van der Waals surface area contributed by atoms with E-state index in [9.17, 15) is 4.79 Å². The van der Waals surface area contributed by atoms with Crippen molar-refractivity contribution >= 4 is 6.03 Å². The minimum absolute atomic E-state index is 0.0667. The highest BCUT2D eigenvalue weighted by Gasteiger charge is 2.31. The normalized spacial score (nSPS) is 31.4. The predicted octanol–water partition coefficient (Wildman–Crippen LogP) is 1.35. The summed E-state index contributed by atoms with van der Waals surface area (Å²) in [4.78, 5) is 11.6. The highest BCUT2D eigenvalue weighted by molar-refractivity contribution is 5.75. The molecule has 4 nitrogen and oxygen atoms in total. The van der Waals surface area contributed by atoms with Crippen LogP contribution in [-0.2, 0) is 0 Å². The lowest BCUT2D eigenvalue weighted by Crippen LogP contribution is -2.54. The number of hydrogen-bond acceptors (Lipinski definition) is 2. The second-order valence-corrected chi connectivity index (χ2v) is 5.15. The molecule has 88 valence electrons. The summed E-state index contributed by atoms with van der Waals surface area (Å²) in [6, 6.07) is 0.426. The maximum atomic E-state index is 11.6. The lowest BCUT2D eigenvalue weighted by molar-refractivity contribution is 0.204. The molecule has 0 atom stereocenters. The van der Waals surface area contributed by atoms with Crippen LogP contribution in [0.25, 0.3) is 0 Å². The largest absolute Gasteiger partial charge is 0.336 e. The maximum Gasteiger partial charge on any atom is 0.315 e. The van der Waals surface area contributed by atoms with Gasteiger partial charge in [0.05, 0.1) is 0 Å². The highest BCUT2D eigenvalue weighted by atomic mass is 16.2. The molecule has 0 spiro atoms. The van der Waals surface area contributed by atoms with Crippen LogP contribution in [0.1, 0.15) is 46.5 Å². The molecule has 1 saturated carbocycles. The standard InChI is InChI=1S/C11H23N3O/c1-8(2)13-10(15)14-11(3)6-4-9(12)5-7-11/h8-9H,4-7,12H2,1-3H3,(H2,13,14,15). The van der Waals surface area contributed by atoms with Gasteiger partial charge >= 0.3 is 6.03 Å². The molecule has 0 saturated heterocycles. The van der Waals surface area contributed by atoms with Gasteiger partial charge in [-0.3, -0.25) is 0 Å².